The lowest BCUT2D eigenvalue weighted by Crippen LogP contribution is -2.04. The van der Waals surface area contributed by atoms with Gasteiger partial charge in [0.15, 0.2) is 5.82 Å². The molecule has 2 aromatic rings. The SMILES string of the molecule is O=[N+]([O-])c1cc(C2CC2)c(F)c(-n2cnnn2)c1. The van der Waals surface area contributed by atoms with Gasteiger partial charge >= 0.3 is 0 Å². The summed E-state index contributed by atoms with van der Waals surface area (Å²) >= 11 is 0. The van der Waals surface area contributed by atoms with Crippen molar-refractivity contribution in [1.29, 1.82) is 0 Å². The average molecular weight is 249 g/mol. The maximum Gasteiger partial charge on any atom is 0.272 e. The van der Waals surface area contributed by atoms with E-state index in [1.54, 1.807) is 0 Å². The number of benzene rings is 1. The fraction of sp³-hybridized carbons (Fsp3) is 0.300. The molecule has 0 unspecified atom stereocenters. The van der Waals surface area contributed by atoms with Crippen LogP contribution in [0.15, 0.2) is 18.5 Å². The lowest BCUT2D eigenvalue weighted by atomic mass is 10.1. The standard InChI is InChI=1S/C10H8FN5O2/c11-10-8(6-1-2-6)3-7(16(17)18)4-9(10)15-5-12-13-14-15/h3-6H,1-2H2. The minimum Gasteiger partial charge on any atom is -0.258 e. The summed E-state index contributed by atoms with van der Waals surface area (Å²) in [5, 5.41) is 21.2. The van der Waals surface area contributed by atoms with Gasteiger partial charge in [0.05, 0.1) is 4.92 Å². The molecule has 0 aliphatic heterocycles. The summed E-state index contributed by atoms with van der Waals surface area (Å²) in [6.45, 7) is 0. The lowest BCUT2D eigenvalue weighted by Gasteiger charge is -2.06. The Hall–Kier alpha value is -2.38. The number of halogens is 1. The highest BCUT2D eigenvalue weighted by atomic mass is 19.1. The first-order valence-corrected chi connectivity index (χ1v) is 5.38. The molecule has 0 atom stereocenters. The molecule has 1 fully saturated rings. The third kappa shape index (κ3) is 1.71. The van der Waals surface area contributed by atoms with E-state index in [1.165, 1.54) is 12.4 Å². The van der Waals surface area contributed by atoms with Crippen molar-refractivity contribution in [2.24, 2.45) is 0 Å². The highest BCUT2D eigenvalue weighted by molar-refractivity contribution is 5.49. The summed E-state index contributed by atoms with van der Waals surface area (Å²) in [4.78, 5) is 10.3. The first kappa shape index (κ1) is 10.8. The van der Waals surface area contributed by atoms with Gasteiger partial charge in [0.2, 0.25) is 0 Å². The monoisotopic (exact) mass is 249 g/mol. The van der Waals surface area contributed by atoms with Crippen molar-refractivity contribution in [3.63, 3.8) is 0 Å². The van der Waals surface area contributed by atoms with Gasteiger partial charge in [-0.15, -0.1) is 5.10 Å². The smallest absolute Gasteiger partial charge is 0.258 e. The molecule has 0 bridgehead atoms. The minimum atomic E-state index is -0.542. The lowest BCUT2D eigenvalue weighted by molar-refractivity contribution is -0.384. The average Bonchev–Trinajstić information content (AvgIpc) is 3.04. The molecule has 1 aromatic carbocycles. The van der Waals surface area contributed by atoms with Crippen molar-refractivity contribution in [3.8, 4) is 5.69 Å². The van der Waals surface area contributed by atoms with Crippen molar-refractivity contribution in [1.82, 2.24) is 20.2 Å². The van der Waals surface area contributed by atoms with Crippen molar-refractivity contribution < 1.29 is 9.31 Å². The van der Waals surface area contributed by atoms with Crippen LogP contribution in [0.1, 0.15) is 24.3 Å². The molecule has 0 saturated heterocycles. The highest BCUT2D eigenvalue weighted by Crippen LogP contribution is 2.43. The number of aromatic nitrogens is 4. The van der Waals surface area contributed by atoms with Crippen LogP contribution < -0.4 is 0 Å². The Morgan fingerprint density at radius 3 is 2.78 bits per heavy atom. The zero-order chi connectivity index (χ0) is 12.7. The van der Waals surface area contributed by atoms with Gasteiger partial charge < -0.3 is 0 Å². The second-order valence-electron chi connectivity index (χ2n) is 4.15. The Kier molecular flexibility index (Phi) is 2.29. The van der Waals surface area contributed by atoms with E-state index in [1.807, 2.05) is 0 Å². The fourth-order valence-electron chi connectivity index (χ4n) is 1.85. The molecule has 0 N–H and O–H groups in total. The molecule has 92 valence electrons. The zero-order valence-corrected chi connectivity index (χ0v) is 9.15. The molecule has 3 rings (SSSR count). The summed E-state index contributed by atoms with van der Waals surface area (Å²) in [5.41, 5.74) is 0.231. The normalized spacial score (nSPS) is 14.7. The van der Waals surface area contributed by atoms with E-state index in [0.717, 1.165) is 23.6 Å². The Labute approximate surface area is 100 Å². The Morgan fingerprint density at radius 2 is 2.22 bits per heavy atom. The molecule has 7 nitrogen and oxygen atoms in total. The van der Waals surface area contributed by atoms with Crippen molar-refractivity contribution >= 4 is 5.69 Å². The minimum absolute atomic E-state index is 0.0103. The Balaban J connectivity index is 2.20. The number of nitro groups is 1. The fourth-order valence-corrected chi connectivity index (χ4v) is 1.85. The zero-order valence-electron chi connectivity index (χ0n) is 9.15. The third-order valence-electron chi connectivity index (χ3n) is 2.89. The molecule has 18 heavy (non-hydrogen) atoms. The molecule has 1 saturated carbocycles. The van der Waals surface area contributed by atoms with E-state index in [9.17, 15) is 14.5 Å². The van der Waals surface area contributed by atoms with Gasteiger partial charge in [-0.05, 0) is 34.7 Å². The highest BCUT2D eigenvalue weighted by Gasteiger charge is 2.30. The molecular formula is C10H8FN5O2. The summed E-state index contributed by atoms with van der Waals surface area (Å²) in [6, 6.07) is 2.43. The second-order valence-corrected chi connectivity index (χ2v) is 4.15. The van der Waals surface area contributed by atoms with Crippen LogP contribution in [-0.2, 0) is 0 Å². The van der Waals surface area contributed by atoms with Crippen LogP contribution in [0.5, 0.6) is 0 Å². The third-order valence-corrected chi connectivity index (χ3v) is 2.89. The number of non-ortho nitro benzene ring substituents is 1. The number of rotatable bonds is 3. The summed E-state index contributed by atoms with van der Waals surface area (Å²) in [6.07, 6.45) is 2.92. The van der Waals surface area contributed by atoms with Crippen LogP contribution in [0.25, 0.3) is 5.69 Å². The van der Waals surface area contributed by atoms with Crippen molar-refractivity contribution in [3.05, 3.63) is 40.0 Å². The van der Waals surface area contributed by atoms with E-state index in [0.29, 0.717) is 5.56 Å². The molecule has 0 radical (unpaired) electrons. The van der Waals surface area contributed by atoms with E-state index in [4.69, 9.17) is 0 Å². The van der Waals surface area contributed by atoms with E-state index >= 15 is 0 Å². The van der Waals surface area contributed by atoms with Crippen LogP contribution in [-0.4, -0.2) is 25.1 Å². The van der Waals surface area contributed by atoms with Crippen LogP contribution in [0, 0.1) is 15.9 Å². The van der Waals surface area contributed by atoms with Gasteiger partial charge in [-0.25, -0.2) is 4.39 Å². The molecule has 8 heteroatoms. The van der Waals surface area contributed by atoms with Gasteiger partial charge in [-0.2, -0.15) is 4.68 Å². The van der Waals surface area contributed by atoms with E-state index in [-0.39, 0.29) is 17.3 Å². The summed E-state index contributed by atoms with van der Waals surface area (Å²) < 4.78 is 15.3. The molecule has 1 aromatic heterocycles. The number of nitro benzene ring substituents is 1. The Bertz CT molecular complexity index is 609. The van der Waals surface area contributed by atoms with Crippen molar-refractivity contribution in [2.45, 2.75) is 18.8 Å². The quantitative estimate of drug-likeness (QED) is 0.608. The van der Waals surface area contributed by atoms with Crippen LogP contribution in [0.2, 0.25) is 0 Å². The molecule has 1 heterocycles. The van der Waals surface area contributed by atoms with Gasteiger partial charge in [-0.3, -0.25) is 10.1 Å². The first-order valence-electron chi connectivity index (χ1n) is 5.38. The van der Waals surface area contributed by atoms with Gasteiger partial charge in [0.1, 0.15) is 12.0 Å². The van der Waals surface area contributed by atoms with Crippen LogP contribution in [0.3, 0.4) is 0 Å². The number of tetrazole rings is 1. The Morgan fingerprint density at radius 1 is 1.44 bits per heavy atom. The molecule has 0 spiro atoms. The summed E-state index contributed by atoms with van der Waals surface area (Å²) in [5.74, 6) is -0.421. The summed E-state index contributed by atoms with van der Waals surface area (Å²) in [7, 11) is 0. The van der Waals surface area contributed by atoms with Gasteiger partial charge in [0.25, 0.3) is 5.69 Å². The number of hydrogen-bond acceptors (Lipinski definition) is 5. The molecule has 1 aliphatic rings. The number of hydrogen-bond donors (Lipinski definition) is 0. The predicted octanol–water partition coefficient (Wildman–Crippen LogP) is 1.59. The first-order chi connectivity index (χ1) is 8.66. The maximum absolute atomic E-state index is 14.2. The number of nitrogens with zero attached hydrogens (tertiary/aromatic N) is 5. The largest absolute Gasteiger partial charge is 0.272 e. The van der Waals surface area contributed by atoms with Crippen molar-refractivity contribution in [2.75, 3.05) is 0 Å². The van der Waals surface area contributed by atoms with E-state index in [2.05, 4.69) is 15.5 Å². The molecular weight excluding hydrogens is 241 g/mol. The van der Waals surface area contributed by atoms with Gasteiger partial charge in [-0.1, -0.05) is 0 Å². The van der Waals surface area contributed by atoms with E-state index < -0.39 is 10.7 Å². The maximum atomic E-state index is 14.2. The van der Waals surface area contributed by atoms with Gasteiger partial charge in [0, 0.05) is 12.1 Å². The van der Waals surface area contributed by atoms with Crippen LogP contribution >= 0.6 is 0 Å². The predicted molar refractivity (Wildman–Crippen MR) is 57.7 cm³/mol. The molecule has 1 aliphatic carbocycles. The van der Waals surface area contributed by atoms with Crippen LogP contribution in [0.4, 0.5) is 10.1 Å². The topological polar surface area (TPSA) is 86.7 Å². The molecule has 0 amide bonds. The second kappa shape index (κ2) is 3.83.